The predicted octanol–water partition coefficient (Wildman–Crippen LogP) is 1.41. The van der Waals surface area contributed by atoms with Crippen molar-refractivity contribution in [2.24, 2.45) is 0 Å². The lowest BCUT2D eigenvalue weighted by molar-refractivity contribution is 0.309. The minimum Gasteiger partial charge on any atom is -0.504 e. The van der Waals surface area contributed by atoms with Gasteiger partial charge in [-0.1, -0.05) is 0 Å². The van der Waals surface area contributed by atoms with E-state index in [2.05, 4.69) is 4.90 Å². The third-order valence-corrected chi connectivity index (χ3v) is 3.35. The molecule has 2 rings (SSSR count). The Balaban J connectivity index is 2.38. The minimum atomic E-state index is -0.662. The molecule has 0 amide bonds. The first-order valence-electron chi connectivity index (χ1n) is 5.70. The molecule has 0 bridgehead atoms. The molecule has 5 nitrogen and oxygen atoms in total. The monoisotopic (exact) mass is 239 g/mol. The van der Waals surface area contributed by atoms with E-state index in [1.54, 1.807) is 6.92 Å². The van der Waals surface area contributed by atoms with Crippen molar-refractivity contribution in [3.63, 3.8) is 0 Å². The predicted molar refractivity (Wildman–Crippen MR) is 62.3 cm³/mol. The van der Waals surface area contributed by atoms with Gasteiger partial charge in [0.25, 0.3) is 0 Å². The third kappa shape index (κ3) is 1.98. The summed E-state index contributed by atoms with van der Waals surface area (Å²) in [6.45, 7) is 3.97. The highest BCUT2D eigenvalue weighted by Crippen LogP contribution is 2.47. The third-order valence-electron chi connectivity index (χ3n) is 3.35. The summed E-state index contributed by atoms with van der Waals surface area (Å²) >= 11 is 0. The molecule has 1 aromatic carbocycles. The van der Waals surface area contributed by atoms with Gasteiger partial charge < -0.3 is 20.4 Å². The molecule has 1 aliphatic rings. The molecule has 1 aliphatic heterocycles. The fourth-order valence-electron chi connectivity index (χ4n) is 2.22. The molecule has 94 valence electrons. The molecule has 0 saturated carbocycles. The van der Waals surface area contributed by atoms with Crippen molar-refractivity contribution in [3.8, 4) is 23.0 Å². The fourth-order valence-corrected chi connectivity index (χ4v) is 2.22. The lowest BCUT2D eigenvalue weighted by atomic mass is 10.0. The molecule has 1 saturated heterocycles. The van der Waals surface area contributed by atoms with Gasteiger partial charge in [-0.05, 0) is 32.9 Å². The molecular formula is C12H17NO4. The summed E-state index contributed by atoms with van der Waals surface area (Å²) in [5.41, 5.74) is 0.879. The van der Waals surface area contributed by atoms with Crippen molar-refractivity contribution in [2.45, 2.75) is 26.3 Å². The highest BCUT2D eigenvalue weighted by Gasteiger charge is 2.23. The zero-order valence-corrected chi connectivity index (χ0v) is 9.77. The molecule has 0 radical (unpaired) electrons. The van der Waals surface area contributed by atoms with Crippen LogP contribution in [0.2, 0.25) is 0 Å². The van der Waals surface area contributed by atoms with E-state index < -0.39 is 11.5 Å². The molecule has 1 aromatic rings. The topological polar surface area (TPSA) is 84.2 Å². The Morgan fingerprint density at radius 2 is 1.41 bits per heavy atom. The maximum atomic E-state index is 9.80. The van der Waals surface area contributed by atoms with E-state index in [9.17, 15) is 20.4 Å². The van der Waals surface area contributed by atoms with E-state index >= 15 is 0 Å². The molecule has 0 unspecified atom stereocenters. The Hall–Kier alpha value is -1.62. The number of rotatable bonds is 2. The summed E-state index contributed by atoms with van der Waals surface area (Å²) in [5.74, 6) is -2.02. The number of aromatic hydroxyl groups is 4. The smallest absolute Gasteiger partial charge is 0.204 e. The van der Waals surface area contributed by atoms with Gasteiger partial charge in [-0.15, -0.1) is 0 Å². The standard InChI is InChI=1S/C12H17NO4/c1-7-8(6-13-4-2-3-5-13)10(15)12(17)11(16)9(7)14/h14-17H,2-6H2,1H3. The van der Waals surface area contributed by atoms with Crippen molar-refractivity contribution in [2.75, 3.05) is 13.1 Å². The van der Waals surface area contributed by atoms with Crippen molar-refractivity contribution < 1.29 is 20.4 Å². The number of phenols is 4. The molecule has 1 fully saturated rings. The average molecular weight is 239 g/mol. The van der Waals surface area contributed by atoms with Gasteiger partial charge in [0.1, 0.15) is 0 Å². The SMILES string of the molecule is Cc1c(O)c(O)c(O)c(O)c1CN1CCCC1. The molecule has 1 heterocycles. The van der Waals surface area contributed by atoms with Gasteiger partial charge in [0.05, 0.1) is 0 Å². The Labute approximate surface area is 99.6 Å². The molecule has 17 heavy (non-hydrogen) atoms. The Morgan fingerprint density at radius 1 is 0.882 bits per heavy atom. The van der Waals surface area contributed by atoms with Crippen LogP contribution >= 0.6 is 0 Å². The van der Waals surface area contributed by atoms with Crippen LogP contribution in [-0.4, -0.2) is 38.4 Å². The number of benzene rings is 1. The van der Waals surface area contributed by atoms with Crippen LogP contribution in [0.4, 0.5) is 0 Å². The van der Waals surface area contributed by atoms with E-state index in [4.69, 9.17) is 0 Å². The van der Waals surface area contributed by atoms with Gasteiger partial charge in [-0.2, -0.15) is 0 Å². The number of hydrogen-bond donors (Lipinski definition) is 4. The van der Waals surface area contributed by atoms with Gasteiger partial charge in [-0.3, -0.25) is 4.90 Å². The second-order valence-electron chi connectivity index (χ2n) is 4.48. The first-order chi connectivity index (χ1) is 8.02. The van der Waals surface area contributed by atoms with E-state index in [1.165, 1.54) is 0 Å². The van der Waals surface area contributed by atoms with E-state index in [-0.39, 0.29) is 11.5 Å². The Bertz CT molecular complexity index is 410. The molecule has 5 heteroatoms. The molecule has 4 N–H and O–H groups in total. The second kappa shape index (κ2) is 4.33. The molecule has 0 atom stereocenters. The van der Waals surface area contributed by atoms with Crippen LogP contribution in [0.25, 0.3) is 0 Å². The second-order valence-corrected chi connectivity index (χ2v) is 4.48. The molecule has 0 aliphatic carbocycles. The number of phenolic OH excluding ortho intramolecular Hbond substituents is 4. The minimum absolute atomic E-state index is 0.343. The first kappa shape index (κ1) is 11.9. The summed E-state index contributed by atoms with van der Waals surface area (Å²) in [6.07, 6.45) is 2.24. The highest BCUT2D eigenvalue weighted by atomic mass is 16.3. The lowest BCUT2D eigenvalue weighted by Crippen LogP contribution is -2.19. The summed E-state index contributed by atoms with van der Waals surface area (Å²) in [4.78, 5) is 2.14. The largest absolute Gasteiger partial charge is 0.504 e. The van der Waals surface area contributed by atoms with Crippen LogP contribution in [0.1, 0.15) is 24.0 Å². The normalized spacial score (nSPS) is 16.5. The fraction of sp³-hybridized carbons (Fsp3) is 0.500. The maximum absolute atomic E-state index is 9.80. The summed E-state index contributed by atoms with van der Waals surface area (Å²) in [5, 5.41) is 38.3. The first-order valence-corrected chi connectivity index (χ1v) is 5.70. The summed E-state index contributed by atoms with van der Waals surface area (Å²) in [7, 11) is 0. The maximum Gasteiger partial charge on any atom is 0.204 e. The van der Waals surface area contributed by atoms with Crippen LogP contribution < -0.4 is 0 Å². The van der Waals surface area contributed by atoms with Gasteiger partial charge >= 0.3 is 0 Å². The highest BCUT2D eigenvalue weighted by molar-refractivity contribution is 5.64. The van der Waals surface area contributed by atoms with Gasteiger partial charge in [0.2, 0.25) is 11.5 Å². The number of likely N-dealkylation sites (tertiary alicyclic amines) is 1. The van der Waals surface area contributed by atoms with Crippen molar-refractivity contribution in [1.29, 1.82) is 0 Å². The zero-order chi connectivity index (χ0) is 12.6. The quantitative estimate of drug-likeness (QED) is 0.463. The van der Waals surface area contributed by atoms with Gasteiger partial charge in [-0.25, -0.2) is 0 Å². The average Bonchev–Trinajstić information content (AvgIpc) is 2.82. The van der Waals surface area contributed by atoms with E-state index in [1.807, 2.05) is 0 Å². The van der Waals surface area contributed by atoms with Gasteiger partial charge in [0, 0.05) is 17.7 Å². The van der Waals surface area contributed by atoms with Crippen molar-refractivity contribution >= 4 is 0 Å². The number of hydrogen-bond acceptors (Lipinski definition) is 5. The summed E-state index contributed by atoms with van der Waals surface area (Å²) in [6, 6.07) is 0. The lowest BCUT2D eigenvalue weighted by Gasteiger charge is -2.19. The molecular weight excluding hydrogens is 222 g/mol. The zero-order valence-electron chi connectivity index (χ0n) is 9.77. The number of nitrogens with zero attached hydrogens (tertiary/aromatic N) is 1. The molecule has 0 aromatic heterocycles. The van der Waals surface area contributed by atoms with Crippen LogP contribution in [0.15, 0.2) is 0 Å². The van der Waals surface area contributed by atoms with Crippen LogP contribution in [-0.2, 0) is 6.54 Å². The molecule has 0 spiro atoms. The van der Waals surface area contributed by atoms with Crippen LogP contribution in [0.3, 0.4) is 0 Å². The van der Waals surface area contributed by atoms with E-state index in [0.29, 0.717) is 17.7 Å². The Kier molecular flexibility index (Phi) is 3.02. The van der Waals surface area contributed by atoms with Crippen LogP contribution in [0, 0.1) is 6.92 Å². The van der Waals surface area contributed by atoms with E-state index in [0.717, 1.165) is 25.9 Å². The van der Waals surface area contributed by atoms with Crippen molar-refractivity contribution in [1.82, 2.24) is 4.90 Å². The summed E-state index contributed by atoms with van der Waals surface area (Å²) < 4.78 is 0. The van der Waals surface area contributed by atoms with Crippen LogP contribution in [0.5, 0.6) is 23.0 Å². The van der Waals surface area contributed by atoms with Crippen molar-refractivity contribution in [3.05, 3.63) is 11.1 Å². The van der Waals surface area contributed by atoms with Gasteiger partial charge in [0.15, 0.2) is 11.5 Å². The Morgan fingerprint density at radius 3 is 2.00 bits per heavy atom.